The highest BCUT2D eigenvalue weighted by molar-refractivity contribution is 5.90. The number of nitrogens with zero attached hydrogens (tertiary/aromatic N) is 5. The number of cyclic esters (lactones) is 1. The highest BCUT2D eigenvalue weighted by atomic mass is 19.1. The average Bonchev–Trinajstić information content (AvgIpc) is 3.44. The second-order valence-electron chi connectivity index (χ2n) is 9.50. The third-order valence-electron chi connectivity index (χ3n) is 6.07. The molecule has 0 spiro atoms. The lowest BCUT2D eigenvalue weighted by atomic mass is 10.2. The lowest BCUT2D eigenvalue weighted by Crippen LogP contribution is -2.35. The molecule has 1 fully saturated rings. The number of carbonyl (C=O) groups is 1. The van der Waals surface area contributed by atoms with E-state index >= 15 is 4.39 Å². The molecule has 2 aliphatic rings. The minimum absolute atomic E-state index is 0.156. The minimum Gasteiger partial charge on any atom is -0.443 e. The maximum atomic E-state index is 15.1. The minimum atomic E-state index is -0.698. The zero-order valence-electron chi connectivity index (χ0n) is 20.8. The molecule has 0 aliphatic carbocycles. The zero-order valence-corrected chi connectivity index (χ0v) is 20.8. The van der Waals surface area contributed by atoms with Crippen LogP contribution in [0.15, 0.2) is 24.4 Å². The van der Waals surface area contributed by atoms with Crippen LogP contribution in [0.4, 0.5) is 20.6 Å². The molecule has 1 saturated heterocycles. The van der Waals surface area contributed by atoms with Crippen molar-refractivity contribution in [1.82, 2.24) is 20.0 Å². The number of rotatable bonds is 11. The van der Waals surface area contributed by atoms with Crippen molar-refractivity contribution in [2.75, 3.05) is 50.1 Å². The summed E-state index contributed by atoms with van der Waals surface area (Å²) < 4.78 is 28.1. The standard InChI is InChI=1S/C24H35FN6O4/c1-16(11-28(3)4)34-8-7-30-13-18-12-29(15-22(18)27-30)23-6-5-19(9-21(23)25)31-14-20(35-24(31)33)10-26-17(2)32/h5-6,9,13,16-17,20,26,32H,7-8,10-12,14-15H2,1-4H3. The molecule has 3 unspecified atom stereocenters. The molecule has 0 radical (unpaired) electrons. The number of nitrogens with one attached hydrogen (secondary N) is 1. The van der Waals surface area contributed by atoms with Crippen molar-refractivity contribution in [3.63, 3.8) is 0 Å². The SMILES string of the molecule is CC(O)NCC1CN(c2ccc(N3Cc4cn(CCOC(C)CN(C)C)nc4C3)c(F)c2)C(=O)O1. The molecule has 1 aromatic heterocycles. The molecule has 4 rings (SSSR count). The van der Waals surface area contributed by atoms with Gasteiger partial charge in [0, 0.05) is 31.4 Å². The normalized spacial score (nSPS) is 19.4. The maximum absolute atomic E-state index is 15.1. The lowest BCUT2D eigenvalue weighted by molar-refractivity contribution is 0.0420. The van der Waals surface area contributed by atoms with Gasteiger partial charge < -0.3 is 24.4 Å². The summed E-state index contributed by atoms with van der Waals surface area (Å²) in [5.74, 6) is -0.401. The van der Waals surface area contributed by atoms with Crippen LogP contribution in [-0.4, -0.2) is 84.7 Å². The van der Waals surface area contributed by atoms with Crippen molar-refractivity contribution in [2.45, 2.75) is 51.9 Å². The van der Waals surface area contributed by atoms with Gasteiger partial charge in [0.1, 0.15) is 18.1 Å². The lowest BCUT2D eigenvalue weighted by Gasteiger charge is -2.21. The number of hydrogen-bond acceptors (Lipinski definition) is 8. The van der Waals surface area contributed by atoms with Gasteiger partial charge >= 0.3 is 6.09 Å². The molecule has 3 atom stereocenters. The predicted octanol–water partition coefficient (Wildman–Crippen LogP) is 1.76. The quantitative estimate of drug-likeness (QED) is 0.460. The van der Waals surface area contributed by atoms with Crippen LogP contribution in [0, 0.1) is 5.82 Å². The van der Waals surface area contributed by atoms with Gasteiger partial charge in [0.05, 0.1) is 49.4 Å². The fourth-order valence-corrected chi connectivity index (χ4v) is 4.47. The van der Waals surface area contributed by atoms with E-state index in [9.17, 15) is 9.90 Å². The van der Waals surface area contributed by atoms with Crippen LogP contribution in [0.1, 0.15) is 25.1 Å². The molecule has 2 aliphatic heterocycles. The zero-order chi connectivity index (χ0) is 25.1. The molecule has 192 valence electrons. The molecule has 1 amide bonds. The summed E-state index contributed by atoms with van der Waals surface area (Å²) in [5, 5.41) is 16.8. The van der Waals surface area contributed by atoms with Crippen LogP contribution < -0.4 is 15.1 Å². The number of amides is 1. The fraction of sp³-hybridized carbons (Fsp3) is 0.583. The van der Waals surface area contributed by atoms with E-state index in [1.54, 1.807) is 19.1 Å². The Balaban J connectivity index is 1.32. The molecule has 0 saturated carbocycles. The third-order valence-corrected chi connectivity index (χ3v) is 6.07. The Morgan fingerprint density at radius 1 is 1.34 bits per heavy atom. The molecular formula is C24H35FN6O4. The van der Waals surface area contributed by atoms with E-state index in [2.05, 4.69) is 22.2 Å². The maximum Gasteiger partial charge on any atom is 0.414 e. The molecule has 0 bridgehead atoms. The summed E-state index contributed by atoms with van der Waals surface area (Å²) in [4.78, 5) is 17.7. The van der Waals surface area contributed by atoms with Crippen LogP contribution in [-0.2, 0) is 29.1 Å². The first-order valence-corrected chi connectivity index (χ1v) is 11.9. The first kappa shape index (κ1) is 25.4. The Bertz CT molecular complexity index is 1010. The van der Waals surface area contributed by atoms with Gasteiger partial charge in [-0.15, -0.1) is 0 Å². The van der Waals surface area contributed by atoms with E-state index in [0.717, 1.165) is 17.8 Å². The molecule has 1 aromatic carbocycles. The first-order chi connectivity index (χ1) is 16.7. The summed E-state index contributed by atoms with van der Waals surface area (Å²) in [6.45, 7) is 7.49. The van der Waals surface area contributed by atoms with Crippen molar-refractivity contribution >= 4 is 17.5 Å². The van der Waals surface area contributed by atoms with Gasteiger partial charge in [0.2, 0.25) is 0 Å². The third kappa shape index (κ3) is 6.29. The van der Waals surface area contributed by atoms with Gasteiger partial charge in [-0.3, -0.25) is 14.9 Å². The Kier molecular flexibility index (Phi) is 7.90. The number of benzene rings is 1. The summed E-state index contributed by atoms with van der Waals surface area (Å²) in [5.41, 5.74) is 2.93. The van der Waals surface area contributed by atoms with Gasteiger partial charge in [-0.05, 0) is 46.1 Å². The number of aromatic nitrogens is 2. The van der Waals surface area contributed by atoms with E-state index in [4.69, 9.17) is 9.47 Å². The summed E-state index contributed by atoms with van der Waals surface area (Å²) in [6, 6.07) is 4.79. The second-order valence-corrected chi connectivity index (χ2v) is 9.50. The van der Waals surface area contributed by atoms with Crippen LogP contribution in [0.5, 0.6) is 0 Å². The van der Waals surface area contributed by atoms with E-state index < -0.39 is 24.2 Å². The van der Waals surface area contributed by atoms with Gasteiger partial charge in [0.25, 0.3) is 0 Å². The number of aliphatic hydroxyl groups is 1. The number of aliphatic hydroxyl groups excluding tert-OH is 1. The van der Waals surface area contributed by atoms with E-state index in [-0.39, 0.29) is 12.6 Å². The topological polar surface area (TPSA) is 95.3 Å². The molecule has 10 nitrogen and oxygen atoms in total. The number of fused-ring (bicyclic) bond motifs is 1. The van der Waals surface area contributed by atoms with Crippen molar-refractivity contribution < 1.29 is 23.8 Å². The second kappa shape index (κ2) is 10.9. The fourth-order valence-electron chi connectivity index (χ4n) is 4.47. The van der Waals surface area contributed by atoms with Crippen molar-refractivity contribution in [3.8, 4) is 0 Å². The molecule has 11 heteroatoms. The Labute approximate surface area is 205 Å². The largest absolute Gasteiger partial charge is 0.443 e. The predicted molar refractivity (Wildman–Crippen MR) is 130 cm³/mol. The number of carbonyl (C=O) groups excluding carboxylic acids is 1. The van der Waals surface area contributed by atoms with E-state index in [1.807, 2.05) is 29.9 Å². The van der Waals surface area contributed by atoms with Crippen LogP contribution in [0.3, 0.4) is 0 Å². The van der Waals surface area contributed by atoms with Crippen LogP contribution in [0.2, 0.25) is 0 Å². The summed E-state index contributed by atoms with van der Waals surface area (Å²) >= 11 is 0. The average molecular weight is 491 g/mol. The highest BCUT2D eigenvalue weighted by Gasteiger charge is 2.33. The van der Waals surface area contributed by atoms with Crippen LogP contribution >= 0.6 is 0 Å². The van der Waals surface area contributed by atoms with Gasteiger partial charge in [-0.1, -0.05) is 0 Å². The molecule has 35 heavy (non-hydrogen) atoms. The van der Waals surface area contributed by atoms with E-state index in [1.165, 1.54) is 11.0 Å². The smallest absolute Gasteiger partial charge is 0.414 e. The molecule has 2 N–H and O–H groups in total. The van der Waals surface area contributed by atoms with Crippen LogP contribution in [0.25, 0.3) is 0 Å². The monoisotopic (exact) mass is 490 g/mol. The van der Waals surface area contributed by atoms with Crippen molar-refractivity contribution in [1.29, 1.82) is 0 Å². The molecular weight excluding hydrogens is 455 g/mol. The first-order valence-electron chi connectivity index (χ1n) is 11.9. The van der Waals surface area contributed by atoms with Crippen molar-refractivity contribution in [2.24, 2.45) is 0 Å². The summed E-state index contributed by atoms with van der Waals surface area (Å²) in [6.07, 6.45) is 0.528. The number of hydrogen-bond donors (Lipinski definition) is 2. The molecule has 3 heterocycles. The number of ether oxygens (including phenoxy) is 2. The molecule has 2 aromatic rings. The summed E-state index contributed by atoms with van der Waals surface area (Å²) in [7, 11) is 4.05. The number of likely N-dealkylation sites (N-methyl/N-ethyl adjacent to an activating group) is 1. The van der Waals surface area contributed by atoms with E-state index in [0.29, 0.717) is 44.2 Å². The van der Waals surface area contributed by atoms with Gasteiger partial charge in [-0.2, -0.15) is 5.10 Å². The Morgan fingerprint density at radius 2 is 2.14 bits per heavy atom. The number of halogens is 1. The van der Waals surface area contributed by atoms with Gasteiger partial charge in [0.15, 0.2) is 0 Å². The Morgan fingerprint density at radius 3 is 2.83 bits per heavy atom. The highest BCUT2D eigenvalue weighted by Crippen LogP contribution is 2.32. The number of anilines is 2. The van der Waals surface area contributed by atoms with Crippen molar-refractivity contribution in [3.05, 3.63) is 41.5 Å². The Hall–Kier alpha value is -2.73. The van der Waals surface area contributed by atoms with Gasteiger partial charge in [-0.25, -0.2) is 9.18 Å².